The molecule has 4 rings (SSSR count). The van der Waals surface area contributed by atoms with Gasteiger partial charge in [0.25, 0.3) is 0 Å². The highest BCUT2D eigenvalue weighted by molar-refractivity contribution is 6.34. The molecule has 0 aromatic heterocycles. The van der Waals surface area contributed by atoms with Crippen molar-refractivity contribution in [2.45, 2.75) is 18.0 Å². The lowest BCUT2D eigenvalue weighted by atomic mass is 9.79. The van der Waals surface area contributed by atoms with Crippen molar-refractivity contribution in [3.8, 4) is 0 Å². The summed E-state index contributed by atoms with van der Waals surface area (Å²) in [5.41, 5.74) is -1.12. The molecule has 27 heavy (non-hydrogen) atoms. The van der Waals surface area contributed by atoms with Gasteiger partial charge < -0.3 is 4.90 Å². The van der Waals surface area contributed by atoms with Crippen LogP contribution in [-0.4, -0.2) is 19.3 Å². The molecule has 1 fully saturated rings. The number of benzene rings is 3. The van der Waals surface area contributed by atoms with Gasteiger partial charge in [0.1, 0.15) is 5.41 Å². The summed E-state index contributed by atoms with van der Waals surface area (Å²) < 4.78 is 42.6. The third-order valence-electron chi connectivity index (χ3n) is 5.24. The van der Waals surface area contributed by atoms with E-state index in [9.17, 15) is 13.2 Å². The molecule has 0 amide bonds. The minimum absolute atomic E-state index is 0.0495. The molecular weight excluding hydrogens is 394 g/mol. The van der Waals surface area contributed by atoms with Crippen LogP contribution in [0.3, 0.4) is 0 Å². The molecule has 1 aliphatic heterocycles. The third-order valence-corrected chi connectivity index (χ3v) is 5.67. The zero-order chi connectivity index (χ0) is 19.2. The number of halogens is 5. The molecule has 1 radical (unpaired) electrons. The average molecular weight is 409 g/mol. The Balaban J connectivity index is 1.75. The van der Waals surface area contributed by atoms with Gasteiger partial charge in [0.05, 0.1) is 0 Å². The van der Waals surface area contributed by atoms with E-state index in [0.717, 1.165) is 16.5 Å². The highest BCUT2D eigenvalue weighted by atomic mass is 35.5. The normalized spacial score (nSPS) is 20.4. The molecule has 1 atom stereocenters. The van der Waals surface area contributed by atoms with Gasteiger partial charge in [-0.15, -0.1) is 0 Å². The molecule has 0 N–H and O–H groups in total. The maximum atomic E-state index is 14.2. The molecule has 0 saturated carbocycles. The van der Waals surface area contributed by atoms with Gasteiger partial charge in [0.2, 0.25) is 0 Å². The number of hydrogen-bond donors (Lipinski definition) is 0. The molecule has 6 heteroatoms. The summed E-state index contributed by atoms with van der Waals surface area (Å²) in [4.78, 5) is 1.77. The SMILES string of the molecule is FC(F)(F)C1(c2cc(Cl)cc(Cl)c2)CCN(c2ccc3[c]cccc3c2)C1. The van der Waals surface area contributed by atoms with E-state index in [4.69, 9.17) is 23.2 Å². The standard InChI is InChI=1S/C21H15Cl2F3N/c22-17-10-16(11-18(23)12-17)20(21(24,25)26)7-8-27(13-20)19-6-5-14-3-1-2-4-15(14)9-19/h1-2,4-6,9-12H,7-8,13H2. The number of alkyl halides is 3. The van der Waals surface area contributed by atoms with Gasteiger partial charge in [-0.05, 0) is 59.2 Å². The van der Waals surface area contributed by atoms with Gasteiger partial charge in [-0.1, -0.05) is 47.5 Å². The van der Waals surface area contributed by atoms with Gasteiger partial charge in [-0.3, -0.25) is 0 Å². The fourth-order valence-corrected chi connectivity index (χ4v) is 4.32. The molecule has 1 saturated heterocycles. The van der Waals surface area contributed by atoms with Crippen molar-refractivity contribution in [1.29, 1.82) is 0 Å². The fraction of sp³-hybridized carbons (Fsp3) is 0.238. The summed E-state index contributed by atoms with van der Waals surface area (Å²) in [5, 5.41) is 2.30. The molecule has 1 nitrogen and oxygen atoms in total. The van der Waals surface area contributed by atoms with Crippen LogP contribution in [0.25, 0.3) is 10.8 Å². The second-order valence-electron chi connectivity index (χ2n) is 6.85. The van der Waals surface area contributed by atoms with E-state index in [-0.39, 0.29) is 28.6 Å². The molecule has 0 aliphatic carbocycles. The van der Waals surface area contributed by atoms with E-state index in [2.05, 4.69) is 6.07 Å². The number of anilines is 1. The van der Waals surface area contributed by atoms with Crippen molar-refractivity contribution in [2.75, 3.05) is 18.0 Å². The van der Waals surface area contributed by atoms with Crippen LogP contribution in [0.1, 0.15) is 12.0 Å². The monoisotopic (exact) mass is 408 g/mol. The molecule has 3 aromatic rings. The van der Waals surface area contributed by atoms with E-state index < -0.39 is 11.6 Å². The van der Waals surface area contributed by atoms with Crippen LogP contribution < -0.4 is 4.90 Å². The maximum absolute atomic E-state index is 14.2. The van der Waals surface area contributed by atoms with Crippen molar-refractivity contribution in [3.05, 3.63) is 76.3 Å². The topological polar surface area (TPSA) is 3.24 Å². The van der Waals surface area contributed by atoms with E-state index in [1.165, 1.54) is 18.2 Å². The zero-order valence-electron chi connectivity index (χ0n) is 14.2. The van der Waals surface area contributed by atoms with Crippen LogP contribution in [0.15, 0.2) is 54.6 Å². The number of rotatable bonds is 2. The highest BCUT2D eigenvalue weighted by Gasteiger charge is 2.59. The van der Waals surface area contributed by atoms with Crippen LogP contribution in [-0.2, 0) is 5.41 Å². The molecule has 1 heterocycles. The summed E-state index contributed by atoms with van der Waals surface area (Å²) >= 11 is 12.0. The second kappa shape index (κ2) is 6.61. The average Bonchev–Trinajstić information content (AvgIpc) is 3.07. The maximum Gasteiger partial charge on any atom is 0.400 e. The molecule has 1 unspecified atom stereocenters. The van der Waals surface area contributed by atoms with Gasteiger partial charge in [0.15, 0.2) is 0 Å². The predicted octanol–water partition coefficient (Wildman–Crippen LogP) is 6.66. The van der Waals surface area contributed by atoms with E-state index in [1.807, 2.05) is 36.4 Å². The van der Waals surface area contributed by atoms with Crippen molar-refractivity contribution in [1.82, 2.24) is 0 Å². The van der Waals surface area contributed by atoms with Crippen molar-refractivity contribution >= 4 is 39.7 Å². The predicted molar refractivity (Wildman–Crippen MR) is 104 cm³/mol. The Morgan fingerprint density at radius 3 is 2.44 bits per heavy atom. The van der Waals surface area contributed by atoms with Crippen molar-refractivity contribution < 1.29 is 13.2 Å². The second-order valence-corrected chi connectivity index (χ2v) is 7.72. The van der Waals surface area contributed by atoms with E-state index in [1.54, 1.807) is 4.90 Å². The Kier molecular flexibility index (Phi) is 4.52. The largest absolute Gasteiger partial charge is 0.400 e. The third kappa shape index (κ3) is 3.26. The molecular formula is C21H15Cl2F3N. The molecule has 0 bridgehead atoms. The Morgan fingerprint density at radius 1 is 1.00 bits per heavy atom. The fourth-order valence-electron chi connectivity index (χ4n) is 3.80. The van der Waals surface area contributed by atoms with Crippen LogP contribution in [0, 0.1) is 6.07 Å². The lowest BCUT2D eigenvalue weighted by molar-refractivity contribution is -0.184. The van der Waals surface area contributed by atoms with Crippen LogP contribution in [0.4, 0.5) is 18.9 Å². The smallest absolute Gasteiger partial charge is 0.370 e. The van der Waals surface area contributed by atoms with E-state index >= 15 is 0 Å². The number of hydrogen-bond acceptors (Lipinski definition) is 1. The molecule has 3 aromatic carbocycles. The lowest BCUT2D eigenvalue weighted by Crippen LogP contribution is -2.44. The summed E-state index contributed by atoms with van der Waals surface area (Å²) in [5.74, 6) is 0. The number of fused-ring (bicyclic) bond motifs is 1. The summed E-state index contributed by atoms with van der Waals surface area (Å²) in [6.45, 7) is 0.126. The quantitative estimate of drug-likeness (QED) is 0.458. The molecule has 1 aliphatic rings. The van der Waals surface area contributed by atoms with Crippen molar-refractivity contribution in [3.63, 3.8) is 0 Å². The Morgan fingerprint density at radius 2 is 1.74 bits per heavy atom. The zero-order valence-corrected chi connectivity index (χ0v) is 15.7. The summed E-state index contributed by atoms with van der Waals surface area (Å²) in [6, 6.07) is 18.6. The summed E-state index contributed by atoms with van der Waals surface area (Å²) in [6.07, 6.45) is -4.47. The summed E-state index contributed by atoms with van der Waals surface area (Å²) in [7, 11) is 0. The van der Waals surface area contributed by atoms with E-state index in [0.29, 0.717) is 6.54 Å². The van der Waals surface area contributed by atoms with Gasteiger partial charge in [0, 0.05) is 28.8 Å². The van der Waals surface area contributed by atoms with Crippen LogP contribution >= 0.6 is 23.2 Å². The minimum Gasteiger partial charge on any atom is -0.370 e. The van der Waals surface area contributed by atoms with Gasteiger partial charge in [-0.2, -0.15) is 13.2 Å². The number of nitrogens with zero attached hydrogens (tertiary/aromatic N) is 1. The van der Waals surface area contributed by atoms with Gasteiger partial charge >= 0.3 is 6.18 Å². The molecule has 0 spiro atoms. The Hall–Kier alpha value is -1.91. The highest BCUT2D eigenvalue weighted by Crippen LogP contribution is 2.49. The first-order valence-corrected chi connectivity index (χ1v) is 9.23. The minimum atomic E-state index is -4.42. The van der Waals surface area contributed by atoms with Crippen LogP contribution in [0.2, 0.25) is 10.0 Å². The molecule has 139 valence electrons. The van der Waals surface area contributed by atoms with Crippen molar-refractivity contribution in [2.24, 2.45) is 0 Å². The Labute approximate surface area is 165 Å². The first-order chi connectivity index (χ1) is 12.8. The Bertz CT molecular complexity index is 982. The first kappa shape index (κ1) is 18.5. The lowest BCUT2D eigenvalue weighted by Gasteiger charge is -2.33. The van der Waals surface area contributed by atoms with Crippen LogP contribution in [0.5, 0.6) is 0 Å². The van der Waals surface area contributed by atoms with Gasteiger partial charge in [-0.25, -0.2) is 0 Å². The first-order valence-electron chi connectivity index (χ1n) is 8.47.